The van der Waals surface area contributed by atoms with E-state index >= 15 is 0 Å². The van der Waals surface area contributed by atoms with Crippen LogP contribution < -0.4 is 5.32 Å². The highest BCUT2D eigenvalue weighted by molar-refractivity contribution is 5.78. The predicted molar refractivity (Wildman–Crippen MR) is 64.6 cm³/mol. The molecule has 5 heteroatoms. The second kappa shape index (κ2) is 4.66. The molecular weight excluding hydrogens is 240 g/mol. The molecule has 0 bridgehead atoms. The van der Waals surface area contributed by atoms with Crippen molar-refractivity contribution in [3.8, 4) is 0 Å². The van der Waals surface area contributed by atoms with Crippen LogP contribution >= 0.6 is 0 Å². The van der Waals surface area contributed by atoms with E-state index in [1.54, 1.807) is 12.1 Å². The molecule has 1 heterocycles. The lowest BCUT2D eigenvalue weighted by molar-refractivity contribution is -0.120. The summed E-state index contributed by atoms with van der Waals surface area (Å²) < 4.78 is 31.6. The first-order valence-corrected chi connectivity index (χ1v) is 5.65. The number of furan rings is 1. The van der Waals surface area contributed by atoms with E-state index in [-0.39, 0.29) is 5.56 Å². The Balaban J connectivity index is 2.53. The molecule has 0 saturated carbocycles. The minimum Gasteiger partial charge on any atom is -0.464 e. The number of nitrogens with one attached hydrogen (secondary N) is 1. The minimum atomic E-state index is -2.88. The van der Waals surface area contributed by atoms with E-state index in [0.29, 0.717) is 11.0 Å². The van der Waals surface area contributed by atoms with Gasteiger partial charge < -0.3 is 14.8 Å². The van der Waals surface area contributed by atoms with Crippen LogP contribution in [-0.4, -0.2) is 24.6 Å². The number of hydrogen-bond acceptors (Lipinski definition) is 3. The van der Waals surface area contributed by atoms with E-state index in [1.807, 2.05) is 0 Å². The van der Waals surface area contributed by atoms with Crippen LogP contribution in [0.1, 0.15) is 12.5 Å². The number of rotatable bonds is 4. The first-order chi connectivity index (χ1) is 8.50. The highest BCUT2D eigenvalue weighted by Crippen LogP contribution is 2.33. The van der Waals surface area contributed by atoms with Crippen LogP contribution in [-0.2, 0) is 5.60 Å². The molecule has 0 spiro atoms. The van der Waals surface area contributed by atoms with Crippen LogP contribution in [0.4, 0.5) is 8.78 Å². The summed E-state index contributed by atoms with van der Waals surface area (Å²) in [6, 6.07) is 5.47. The van der Waals surface area contributed by atoms with Crippen molar-refractivity contribution in [3.63, 3.8) is 0 Å². The Kier molecular flexibility index (Phi) is 3.36. The fourth-order valence-electron chi connectivity index (χ4n) is 2.00. The molecule has 2 N–H and O–H groups in total. The second-order valence-electron chi connectivity index (χ2n) is 4.31. The zero-order valence-electron chi connectivity index (χ0n) is 10.2. The van der Waals surface area contributed by atoms with Crippen LogP contribution in [0.2, 0.25) is 0 Å². The van der Waals surface area contributed by atoms with E-state index in [2.05, 4.69) is 5.32 Å². The summed E-state index contributed by atoms with van der Waals surface area (Å²) in [5.74, 6) is 0. The summed E-state index contributed by atoms with van der Waals surface area (Å²) >= 11 is 0. The lowest BCUT2D eigenvalue weighted by Crippen LogP contribution is -2.50. The van der Waals surface area contributed by atoms with Gasteiger partial charge in [-0.3, -0.25) is 0 Å². The fraction of sp³-hybridized carbons (Fsp3) is 0.385. The standard InChI is InChI=1S/C13H15F2NO2/c1-8(16-2)13(17,12(14)15)10-3-4-11-9(7-10)5-6-18-11/h3-8,12,16-17H,1-2H3. The maximum absolute atomic E-state index is 13.2. The first kappa shape index (κ1) is 13.0. The SMILES string of the molecule is CNC(C)C(O)(c1ccc2occc2c1)C(F)F. The molecule has 1 aromatic heterocycles. The van der Waals surface area contributed by atoms with Crippen LogP contribution in [0.25, 0.3) is 11.0 Å². The molecule has 0 saturated heterocycles. The van der Waals surface area contributed by atoms with E-state index in [4.69, 9.17) is 4.42 Å². The highest BCUT2D eigenvalue weighted by atomic mass is 19.3. The van der Waals surface area contributed by atoms with Crippen molar-refractivity contribution in [1.82, 2.24) is 5.32 Å². The number of benzene rings is 1. The number of hydrogen-bond donors (Lipinski definition) is 2. The molecule has 1 aromatic carbocycles. The van der Waals surface area contributed by atoms with Gasteiger partial charge >= 0.3 is 0 Å². The average Bonchev–Trinajstić information content (AvgIpc) is 2.83. The monoisotopic (exact) mass is 255 g/mol. The Morgan fingerprint density at radius 3 is 2.67 bits per heavy atom. The zero-order chi connectivity index (χ0) is 13.3. The van der Waals surface area contributed by atoms with E-state index < -0.39 is 18.1 Å². The molecule has 2 rings (SSSR count). The molecule has 0 radical (unpaired) electrons. The maximum atomic E-state index is 13.2. The van der Waals surface area contributed by atoms with Gasteiger partial charge in [-0.2, -0.15) is 0 Å². The number of aliphatic hydroxyl groups is 1. The van der Waals surface area contributed by atoms with E-state index in [9.17, 15) is 13.9 Å². The smallest absolute Gasteiger partial charge is 0.272 e. The molecule has 0 aliphatic carbocycles. The van der Waals surface area contributed by atoms with Gasteiger partial charge in [0, 0.05) is 11.4 Å². The Morgan fingerprint density at radius 1 is 1.33 bits per heavy atom. The quantitative estimate of drug-likeness (QED) is 0.882. The van der Waals surface area contributed by atoms with Gasteiger partial charge in [-0.25, -0.2) is 8.78 Å². The molecule has 2 unspecified atom stereocenters. The molecule has 0 fully saturated rings. The van der Waals surface area contributed by atoms with Crippen molar-refractivity contribution in [3.05, 3.63) is 36.1 Å². The van der Waals surface area contributed by atoms with Crippen LogP contribution in [0.5, 0.6) is 0 Å². The molecule has 98 valence electrons. The van der Waals surface area contributed by atoms with Gasteiger partial charge in [0.15, 0.2) is 5.60 Å². The van der Waals surface area contributed by atoms with Crippen molar-refractivity contribution in [2.24, 2.45) is 0 Å². The van der Waals surface area contributed by atoms with Gasteiger partial charge in [0.1, 0.15) is 5.58 Å². The number of alkyl halides is 2. The van der Waals surface area contributed by atoms with E-state index in [1.165, 1.54) is 32.4 Å². The summed E-state index contributed by atoms with van der Waals surface area (Å²) in [7, 11) is 1.54. The topological polar surface area (TPSA) is 45.4 Å². The van der Waals surface area contributed by atoms with Crippen molar-refractivity contribution < 1.29 is 18.3 Å². The van der Waals surface area contributed by atoms with Crippen molar-refractivity contribution >= 4 is 11.0 Å². The highest BCUT2D eigenvalue weighted by Gasteiger charge is 2.44. The Morgan fingerprint density at radius 2 is 2.06 bits per heavy atom. The molecule has 0 amide bonds. The summed E-state index contributed by atoms with van der Waals surface area (Å²) in [6.07, 6.45) is -1.40. The van der Waals surface area contributed by atoms with Crippen molar-refractivity contribution in [2.75, 3.05) is 7.05 Å². The number of halogens is 2. The Hall–Kier alpha value is -1.46. The summed E-state index contributed by atoms with van der Waals surface area (Å²) in [4.78, 5) is 0. The minimum absolute atomic E-state index is 0.174. The summed E-state index contributed by atoms with van der Waals surface area (Å²) in [6.45, 7) is 1.52. The number of likely N-dealkylation sites (N-methyl/N-ethyl adjacent to an activating group) is 1. The van der Waals surface area contributed by atoms with E-state index in [0.717, 1.165) is 0 Å². The van der Waals surface area contributed by atoms with Gasteiger partial charge in [-0.1, -0.05) is 6.07 Å². The van der Waals surface area contributed by atoms with Gasteiger partial charge in [-0.15, -0.1) is 0 Å². The molecule has 2 aromatic rings. The molecular formula is C13H15F2NO2. The molecule has 0 aliphatic heterocycles. The van der Waals surface area contributed by atoms with Gasteiger partial charge in [-0.05, 0) is 37.7 Å². The molecule has 0 aliphatic rings. The van der Waals surface area contributed by atoms with Gasteiger partial charge in [0.2, 0.25) is 0 Å². The first-order valence-electron chi connectivity index (χ1n) is 5.65. The van der Waals surface area contributed by atoms with Gasteiger partial charge in [0.05, 0.1) is 6.26 Å². The Labute approximate surface area is 103 Å². The maximum Gasteiger partial charge on any atom is 0.272 e. The second-order valence-corrected chi connectivity index (χ2v) is 4.31. The molecule has 18 heavy (non-hydrogen) atoms. The average molecular weight is 255 g/mol. The third kappa shape index (κ3) is 1.89. The largest absolute Gasteiger partial charge is 0.464 e. The summed E-state index contributed by atoms with van der Waals surface area (Å²) in [5, 5.41) is 13.6. The molecule has 3 nitrogen and oxygen atoms in total. The van der Waals surface area contributed by atoms with Crippen molar-refractivity contribution in [2.45, 2.75) is 25.0 Å². The normalized spacial score (nSPS) is 17.0. The van der Waals surface area contributed by atoms with Crippen LogP contribution in [0.15, 0.2) is 34.9 Å². The molecule has 2 atom stereocenters. The zero-order valence-corrected chi connectivity index (χ0v) is 10.2. The number of fused-ring (bicyclic) bond motifs is 1. The predicted octanol–water partition coefficient (Wildman–Crippen LogP) is 2.49. The lowest BCUT2D eigenvalue weighted by Gasteiger charge is -2.33. The van der Waals surface area contributed by atoms with Crippen LogP contribution in [0, 0.1) is 0 Å². The van der Waals surface area contributed by atoms with Crippen LogP contribution in [0.3, 0.4) is 0 Å². The van der Waals surface area contributed by atoms with Crippen molar-refractivity contribution in [1.29, 1.82) is 0 Å². The lowest BCUT2D eigenvalue weighted by atomic mass is 9.87. The third-order valence-corrected chi connectivity index (χ3v) is 3.34. The summed E-state index contributed by atoms with van der Waals surface area (Å²) in [5.41, 5.74) is -1.44. The third-order valence-electron chi connectivity index (χ3n) is 3.34. The van der Waals surface area contributed by atoms with Gasteiger partial charge in [0.25, 0.3) is 6.43 Å². The fourth-order valence-corrected chi connectivity index (χ4v) is 2.00. The Bertz CT molecular complexity index is 541.